The molecule has 80 valence electrons. The van der Waals surface area contributed by atoms with Crippen molar-refractivity contribution in [2.24, 2.45) is 5.73 Å². The molecule has 0 spiro atoms. The Morgan fingerprint density at radius 2 is 1.93 bits per heavy atom. The fraction of sp³-hybridized carbons (Fsp3) is 0.462. The fourth-order valence-corrected chi connectivity index (χ4v) is 2.22. The van der Waals surface area contributed by atoms with Gasteiger partial charge in [-0.1, -0.05) is 29.8 Å². The highest BCUT2D eigenvalue weighted by Gasteiger charge is 2.32. The van der Waals surface area contributed by atoms with Crippen molar-refractivity contribution in [3.63, 3.8) is 0 Å². The first-order chi connectivity index (χ1) is 7.10. The maximum absolute atomic E-state index is 11.2. The van der Waals surface area contributed by atoms with Gasteiger partial charge in [-0.3, -0.25) is 4.79 Å². The van der Waals surface area contributed by atoms with E-state index in [0.717, 1.165) is 12.8 Å². The summed E-state index contributed by atoms with van der Waals surface area (Å²) in [7, 11) is 0. The summed E-state index contributed by atoms with van der Waals surface area (Å²) in [6, 6.07) is 8.31. The number of Topliss-reactive ketones (excluding diaryl/α,β-unsaturated/α-hetero) is 1. The average molecular weight is 203 g/mol. The quantitative estimate of drug-likeness (QED) is 0.761. The van der Waals surface area contributed by atoms with Gasteiger partial charge in [-0.2, -0.15) is 0 Å². The van der Waals surface area contributed by atoms with Gasteiger partial charge in [0, 0.05) is 18.4 Å². The monoisotopic (exact) mass is 203 g/mol. The summed E-state index contributed by atoms with van der Waals surface area (Å²) in [5.74, 6) is 0.351. The van der Waals surface area contributed by atoms with Crippen molar-refractivity contribution >= 4 is 5.78 Å². The van der Waals surface area contributed by atoms with Crippen molar-refractivity contribution in [1.82, 2.24) is 0 Å². The zero-order valence-electron chi connectivity index (χ0n) is 9.12. The van der Waals surface area contributed by atoms with Gasteiger partial charge < -0.3 is 5.73 Å². The lowest BCUT2D eigenvalue weighted by Gasteiger charge is -2.33. The van der Waals surface area contributed by atoms with E-state index in [2.05, 4.69) is 25.1 Å². The van der Waals surface area contributed by atoms with E-state index in [4.69, 9.17) is 5.73 Å². The van der Waals surface area contributed by atoms with Crippen LogP contribution in [0.5, 0.6) is 0 Å². The molecule has 1 fully saturated rings. The summed E-state index contributed by atoms with van der Waals surface area (Å²) < 4.78 is 0. The third-order valence-electron chi connectivity index (χ3n) is 3.29. The molecule has 0 heterocycles. The normalized spacial score (nSPS) is 20.3. The van der Waals surface area contributed by atoms with E-state index in [9.17, 15) is 4.79 Å². The van der Waals surface area contributed by atoms with Crippen molar-refractivity contribution in [1.29, 1.82) is 0 Å². The highest BCUT2D eigenvalue weighted by Crippen LogP contribution is 2.33. The van der Waals surface area contributed by atoms with E-state index >= 15 is 0 Å². The summed E-state index contributed by atoms with van der Waals surface area (Å²) in [4.78, 5) is 11.2. The molecule has 0 aliphatic heterocycles. The van der Waals surface area contributed by atoms with Gasteiger partial charge in [-0.25, -0.2) is 0 Å². The average Bonchev–Trinajstić information content (AvgIpc) is 2.23. The molecule has 2 rings (SSSR count). The molecule has 1 aliphatic rings. The van der Waals surface area contributed by atoms with Gasteiger partial charge in [0.2, 0.25) is 0 Å². The molecule has 0 atom stereocenters. The SMILES string of the molecule is Cc1cccc(C2(N)CCC(=O)CC2)c1. The molecular weight excluding hydrogens is 186 g/mol. The molecule has 0 radical (unpaired) electrons. The van der Waals surface area contributed by atoms with Crippen molar-refractivity contribution in [2.45, 2.75) is 38.1 Å². The molecule has 0 aromatic heterocycles. The Balaban J connectivity index is 2.25. The van der Waals surface area contributed by atoms with Crippen LogP contribution in [0.15, 0.2) is 24.3 Å². The largest absolute Gasteiger partial charge is 0.321 e. The van der Waals surface area contributed by atoms with E-state index in [1.807, 2.05) is 6.07 Å². The Bertz CT molecular complexity index is 374. The van der Waals surface area contributed by atoms with E-state index in [1.165, 1.54) is 11.1 Å². The van der Waals surface area contributed by atoms with E-state index in [1.54, 1.807) is 0 Å². The van der Waals surface area contributed by atoms with Crippen LogP contribution in [0, 0.1) is 6.92 Å². The number of nitrogens with two attached hydrogens (primary N) is 1. The van der Waals surface area contributed by atoms with Crippen LogP contribution in [0.3, 0.4) is 0 Å². The van der Waals surface area contributed by atoms with E-state index < -0.39 is 0 Å². The number of carbonyl (C=O) groups is 1. The lowest BCUT2D eigenvalue weighted by Crippen LogP contribution is -2.40. The number of aryl methyl sites for hydroxylation is 1. The minimum absolute atomic E-state index is 0.278. The van der Waals surface area contributed by atoms with E-state index in [0.29, 0.717) is 18.6 Å². The number of hydrogen-bond acceptors (Lipinski definition) is 2. The molecule has 0 unspecified atom stereocenters. The third-order valence-corrected chi connectivity index (χ3v) is 3.29. The van der Waals surface area contributed by atoms with Crippen LogP contribution in [0.4, 0.5) is 0 Å². The number of rotatable bonds is 1. The minimum atomic E-state index is -0.278. The number of ketones is 1. The summed E-state index contributed by atoms with van der Waals surface area (Å²) in [5.41, 5.74) is 8.49. The number of hydrogen-bond donors (Lipinski definition) is 1. The summed E-state index contributed by atoms with van der Waals surface area (Å²) in [6.07, 6.45) is 2.83. The van der Waals surface area contributed by atoms with Gasteiger partial charge in [0.1, 0.15) is 5.78 Å². The van der Waals surface area contributed by atoms with Gasteiger partial charge in [0.15, 0.2) is 0 Å². The smallest absolute Gasteiger partial charge is 0.133 e. The second kappa shape index (κ2) is 3.78. The Morgan fingerprint density at radius 3 is 2.53 bits per heavy atom. The summed E-state index contributed by atoms with van der Waals surface area (Å²) >= 11 is 0. The Morgan fingerprint density at radius 1 is 1.27 bits per heavy atom. The van der Waals surface area contributed by atoms with Gasteiger partial charge in [0.25, 0.3) is 0 Å². The molecular formula is C13H17NO. The van der Waals surface area contributed by atoms with Gasteiger partial charge >= 0.3 is 0 Å². The second-order valence-electron chi connectivity index (χ2n) is 4.56. The minimum Gasteiger partial charge on any atom is -0.321 e. The molecule has 0 saturated heterocycles. The summed E-state index contributed by atoms with van der Waals surface area (Å²) in [6.45, 7) is 2.07. The van der Waals surface area contributed by atoms with Crippen LogP contribution in [0.2, 0.25) is 0 Å². The lowest BCUT2D eigenvalue weighted by atomic mass is 9.77. The van der Waals surface area contributed by atoms with Gasteiger partial charge in [0.05, 0.1) is 0 Å². The maximum atomic E-state index is 11.2. The zero-order valence-corrected chi connectivity index (χ0v) is 9.12. The molecule has 15 heavy (non-hydrogen) atoms. The van der Waals surface area contributed by atoms with Crippen LogP contribution in [-0.2, 0) is 10.3 Å². The van der Waals surface area contributed by atoms with Crippen molar-refractivity contribution < 1.29 is 4.79 Å². The molecule has 2 heteroatoms. The number of carbonyl (C=O) groups excluding carboxylic acids is 1. The summed E-state index contributed by atoms with van der Waals surface area (Å²) in [5, 5.41) is 0. The fourth-order valence-electron chi connectivity index (χ4n) is 2.22. The van der Waals surface area contributed by atoms with Crippen LogP contribution < -0.4 is 5.73 Å². The molecule has 2 nitrogen and oxygen atoms in total. The van der Waals surface area contributed by atoms with Crippen molar-refractivity contribution in [2.75, 3.05) is 0 Å². The Kier molecular flexibility index (Phi) is 2.61. The van der Waals surface area contributed by atoms with Crippen molar-refractivity contribution in [3.8, 4) is 0 Å². The van der Waals surface area contributed by atoms with Crippen LogP contribution in [0.25, 0.3) is 0 Å². The molecule has 1 saturated carbocycles. The highest BCUT2D eigenvalue weighted by molar-refractivity contribution is 5.79. The first kappa shape index (κ1) is 10.4. The standard InChI is InChI=1S/C13H17NO/c1-10-3-2-4-11(9-10)13(14)7-5-12(15)6-8-13/h2-4,9H,5-8,14H2,1H3. The zero-order chi connectivity index (χ0) is 10.9. The predicted molar refractivity (Wildman–Crippen MR) is 60.5 cm³/mol. The molecule has 1 aliphatic carbocycles. The third kappa shape index (κ3) is 2.10. The Hall–Kier alpha value is -1.15. The van der Waals surface area contributed by atoms with E-state index in [-0.39, 0.29) is 5.54 Å². The van der Waals surface area contributed by atoms with Crippen LogP contribution >= 0.6 is 0 Å². The molecule has 2 N–H and O–H groups in total. The van der Waals surface area contributed by atoms with Crippen LogP contribution in [-0.4, -0.2) is 5.78 Å². The highest BCUT2D eigenvalue weighted by atomic mass is 16.1. The molecule has 1 aromatic rings. The van der Waals surface area contributed by atoms with Gasteiger partial charge in [-0.05, 0) is 25.3 Å². The maximum Gasteiger partial charge on any atom is 0.133 e. The lowest BCUT2D eigenvalue weighted by molar-refractivity contribution is -0.121. The Labute approximate surface area is 90.5 Å². The van der Waals surface area contributed by atoms with Crippen LogP contribution in [0.1, 0.15) is 36.8 Å². The topological polar surface area (TPSA) is 43.1 Å². The van der Waals surface area contributed by atoms with Crippen molar-refractivity contribution in [3.05, 3.63) is 35.4 Å². The second-order valence-corrected chi connectivity index (χ2v) is 4.56. The first-order valence-electron chi connectivity index (χ1n) is 5.48. The predicted octanol–water partition coefficient (Wildman–Crippen LogP) is 2.29. The molecule has 0 amide bonds. The molecule has 1 aromatic carbocycles. The first-order valence-corrected chi connectivity index (χ1v) is 5.48. The van der Waals surface area contributed by atoms with Gasteiger partial charge in [-0.15, -0.1) is 0 Å². The molecule has 0 bridgehead atoms. The number of benzene rings is 1.